The van der Waals surface area contributed by atoms with Crippen molar-refractivity contribution < 1.29 is 14.3 Å². The molecule has 1 fully saturated rings. The van der Waals surface area contributed by atoms with Crippen LogP contribution in [0.4, 0.5) is 4.79 Å². The highest BCUT2D eigenvalue weighted by molar-refractivity contribution is 6.43. The maximum Gasteiger partial charge on any atom is 0.410 e. The fourth-order valence-corrected chi connectivity index (χ4v) is 3.49. The smallest absolute Gasteiger partial charge is 0.410 e. The zero-order valence-corrected chi connectivity index (χ0v) is 16.3. The van der Waals surface area contributed by atoms with Gasteiger partial charge in [0.2, 0.25) is 0 Å². The van der Waals surface area contributed by atoms with Crippen molar-refractivity contribution in [2.75, 3.05) is 19.7 Å². The molecule has 0 bridgehead atoms. The number of nitrogens with one attached hydrogen (secondary N) is 1. The van der Waals surface area contributed by atoms with Crippen LogP contribution in [0.15, 0.2) is 12.1 Å². The van der Waals surface area contributed by atoms with Gasteiger partial charge in [-0.1, -0.05) is 29.3 Å². The molecule has 2 aliphatic rings. The number of amides is 1. The molecule has 3 rings (SSSR count). The minimum Gasteiger partial charge on any atom is -0.490 e. The number of likely N-dealkylation sites (tertiary alicyclic amines) is 1. The predicted octanol–water partition coefficient (Wildman–Crippen LogP) is 4.42. The van der Waals surface area contributed by atoms with Crippen LogP contribution in [0.25, 0.3) is 0 Å². The van der Waals surface area contributed by atoms with E-state index in [0.29, 0.717) is 22.4 Å². The molecule has 0 aliphatic carbocycles. The summed E-state index contributed by atoms with van der Waals surface area (Å²) in [6, 6.07) is 4.07. The van der Waals surface area contributed by atoms with Gasteiger partial charge in [-0.25, -0.2) is 4.79 Å². The number of fused-ring (bicyclic) bond motifs is 1. The molecular weight excluding hydrogens is 363 g/mol. The maximum atomic E-state index is 12.1. The molecule has 2 heterocycles. The van der Waals surface area contributed by atoms with Crippen LogP contribution in [0.1, 0.15) is 45.2 Å². The number of ether oxygens (including phenoxy) is 2. The van der Waals surface area contributed by atoms with Crippen molar-refractivity contribution in [2.45, 2.75) is 51.3 Å². The van der Waals surface area contributed by atoms with Crippen molar-refractivity contribution in [1.82, 2.24) is 10.2 Å². The van der Waals surface area contributed by atoms with E-state index in [4.69, 9.17) is 32.7 Å². The highest BCUT2D eigenvalue weighted by atomic mass is 35.5. The minimum absolute atomic E-state index is 0.0971. The summed E-state index contributed by atoms with van der Waals surface area (Å²) in [4.78, 5) is 13.9. The van der Waals surface area contributed by atoms with Gasteiger partial charge >= 0.3 is 6.09 Å². The number of nitrogens with zero attached hydrogens (tertiary/aromatic N) is 1. The molecule has 1 amide bonds. The Labute approximate surface area is 158 Å². The van der Waals surface area contributed by atoms with Gasteiger partial charge in [-0.15, -0.1) is 0 Å². The number of halogens is 2. The van der Waals surface area contributed by atoms with Crippen molar-refractivity contribution >= 4 is 29.3 Å². The van der Waals surface area contributed by atoms with Crippen LogP contribution in [-0.4, -0.2) is 42.3 Å². The average molecular weight is 387 g/mol. The second kappa shape index (κ2) is 7.22. The van der Waals surface area contributed by atoms with E-state index in [9.17, 15) is 4.79 Å². The number of benzene rings is 1. The Bertz CT molecular complexity index is 660. The first-order valence-corrected chi connectivity index (χ1v) is 9.35. The van der Waals surface area contributed by atoms with Gasteiger partial charge in [-0.2, -0.15) is 0 Å². The van der Waals surface area contributed by atoms with Crippen molar-refractivity contribution in [1.29, 1.82) is 0 Å². The van der Waals surface area contributed by atoms with Gasteiger partial charge in [0.05, 0.1) is 11.1 Å². The lowest BCUT2D eigenvalue weighted by atomic mass is 10.00. The van der Waals surface area contributed by atoms with Gasteiger partial charge in [0.15, 0.2) is 0 Å². The molecule has 2 aliphatic heterocycles. The lowest BCUT2D eigenvalue weighted by Crippen LogP contribution is -2.53. The van der Waals surface area contributed by atoms with Crippen molar-refractivity contribution in [3.63, 3.8) is 0 Å². The summed E-state index contributed by atoms with van der Waals surface area (Å²) in [6.45, 7) is 7.75. The molecular formula is C18H24Cl2N2O3. The summed E-state index contributed by atoms with van der Waals surface area (Å²) in [5, 5.41) is 4.46. The minimum atomic E-state index is -0.457. The Hall–Kier alpha value is -1.17. The standard InChI is InChI=1S/C18H24Cl2N2O3/c1-18(2,3)25-17(23)22-9-7-11(22)6-8-21-14-10-24-16-12(14)4-5-13(19)15(16)20/h4-5,11,14,21H,6-10H2,1-3H3/t11-,14?/m1/s1. The first kappa shape index (κ1) is 18.6. The quantitative estimate of drug-likeness (QED) is 0.831. The lowest BCUT2D eigenvalue weighted by molar-refractivity contribution is -0.00663. The van der Waals surface area contributed by atoms with Crippen LogP contribution in [0, 0.1) is 0 Å². The SMILES string of the molecule is CC(C)(C)OC(=O)N1CC[C@H]1CCNC1COc2c1ccc(Cl)c2Cl. The van der Waals surface area contributed by atoms with Crippen LogP contribution >= 0.6 is 23.2 Å². The highest BCUT2D eigenvalue weighted by Gasteiger charge is 2.35. The molecule has 138 valence electrons. The van der Waals surface area contributed by atoms with Gasteiger partial charge in [-0.3, -0.25) is 0 Å². The van der Waals surface area contributed by atoms with Gasteiger partial charge in [0, 0.05) is 18.2 Å². The maximum absolute atomic E-state index is 12.1. The molecule has 0 radical (unpaired) electrons. The van der Waals surface area contributed by atoms with E-state index >= 15 is 0 Å². The summed E-state index contributed by atoms with van der Waals surface area (Å²) in [6.07, 6.45) is 1.67. The van der Waals surface area contributed by atoms with Crippen molar-refractivity contribution in [2.24, 2.45) is 0 Å². The number of hydrogen-bond acceptors (Lipinski definition) is 4. The molecule has 2 atom stereocenters. The second-order valence-corrected chi connectivity index (χ2v) is 8.29. The van der Waals surface area contributed by atoms with Gasteiger partial charge in [0.1, 0.15) is 23.0 Å². The van der Waals surface area contributed by atoms with E-state index in [1.807, 2.05) is 31.7 Å². The van der Waals surface area contributed by atoms with E-state index < -0.39 is 5.60 Å². The van der Waals surface area contributed by atoms with Gasteiger partial charge in [0.25, 0.3) is 0 Å². The number of carbonyl (C=O) groups excluding carboxylic acids is 1. The summed E-state index contributed by atoms with van der Waals surface area (Å²) in [5.74, 6) is 0.672. The van der Waals surface area contributed by atoms with Gasteiger partial charge in [-0.05, 0) is 46.2 Å². The first-order chi connectivity index (χ1) is 11.8. The first-order valence-electron chi connectivity index (χ1n) is 8.60. The third-order valence-electron chi connectivity index (χ3n) is 4.49. The molecule has 1 aromatic rings. The fraction of sp³-hybridized carbons (Fsp3) is 0.611. The highest BCUT2D eigenvalue weighted by Crippen LogP contribution is 2.42. The van der Waals surface area contributed by atoms with Crippen molar-refractivity contribution in [3.05, 3.63) is 27.7 Å². The lowest BCUT2D eigenvalue weighted by Gasteiger charge is -2.41. The molecule has 7 heteroatoms. The topological polar surface area (TPSA) is 50.8 Å². The number of carbonyl (C=O) groups is 1. The van der Waals surface area contributed by atoms with Crippen LogP contribution in [0.3, 0.4) is 0 Å². The van der Waals surface area contributed by atoms with Gasteiger partial charge < -0.3 is 19.7 Å². The van der Waals surface area contributed by atoms with Crippen LogP contribution in [0.2, 0.25) is 10.0 Å². The molecule has 5 nitrogen and oxygen atoms in total. The summed E-state index contributed by atoms with van der Waals surface area (Å²) >= 11 is 12.2. The Morgan fingerprint density at radius 2 is 2.16 bits per heavy atom. The molecule has 0 spiro atoms. The van der Waals surface area contributed by atoms with E-state index in [1.54, 1.807) is 6.07 Å². The van der Waals surface area contributed by atoms with E-state index in [2.05, 4.69) is 5.32 Å². The number of rotatable bonds is 4. The second-order valence-electron chi connectivity index (χ2n) is 7.50. The molecule has 0 aromatic heterocycles. The zero-order chi connectivity index (χ0) is 18.2. The summed E-state index contributed by atoms with van der Waals surface area (Å²) in [5.41, 5.74) is 0.577. The van der Waals surface area contributed by atoms with Crippen LogP contribution < -0.4 is 10.1 Å². The molecule has 1 saturated heterocycles. The average Bonchev–Trinajstić information content (AvgIpc) is 2.88. The fourth-order valence-electron chi connectivity index (χ4n) is 3.12. The van der Waals surface area contributed by atoms with Crippen LogP contribution in [-0.2, 0) is 4.74 Å². The molecule has 1 unspecified atom stereocenters. The third kappa shape index (κ3) is 4.15. The molecule has 0 saturated carbocycles. The Morgan fingerprint density at radius 3 is 2.80 bits per heavy atom. The molecule has 25 heavy (non-hydrogen) atoms. The van der Waals surface area contributed by atoms with Crippen molar-refractivity contribution in [3.8, 4) is 5.75 Å². The Morgan fingerprint density at radius 1 is 1.40 bits per heavy atom. The van der Waals surface area contributed by atoms with E-state index in [-0.39, 0.29) is 18.2 Å². The Balaban J connectivity index is 1.49. The molecule has 1 aromatic carbocycles. The normalized spacial score (nSPS) is 22.2. The molecule has 1 N–H and O–H groups in total. The van der Waals surface area contributed by atoms with E-state index in [1.165, 1.54) is 0 Å². The van der Waals surface area contributed by atoms with E-state index in [0.717, 1.165) is 31.5 Å². The summed E-state index contributed by atoms with van der Waals surface area (Å²) < 4.78 is 11.1. The summed E-state index contributed by atoms with van der Waals surface area (Å²) in [7, 11) is 0. The van der Waals surface area contributed by atoms with Crippen LogP contribution in [0.5, 0.6) is 5.75 Å². The largest absolute Gasteiger partial charge is 0.490 e. The zero-order valence-electron chi connectivity index (χ0n) is 14.8. The Kier molecular flexibility index (Phi) is 5.37. The monoisotopic (exact) mass is 386 g/mol. The number of hydrogen-bond donors (Lipinski definition) is 1. The predicted molar refractivity (Wildman–Crippen MR) is 98.7 cm³/mol. The third-order valence-corrected chi connectivity index (χ3v) is 5.28.